The summed E-state index contributed by atoms with van der Waals surface area (Å²) in [6.07, 6.45) is 5.60. The van der Waals surface area contributed by atoms with Gasteiger partial charge in [-0.15, -0.1) is 10.2 Å². The van der Waals surface area contributed by atoms with Gasteiger partial charge in [-0.25, -0.2) is 4.39 Å². The second kappa shape index (κ2) is 7.95. The maximum atomic E-state index is 13.5. The Morgan fingerprint density at radius 1 is 1.24 bits per heavy atom. The molecule has 25 heavy (non-hydrogen) atoms. The molecule has 0 fully saturated rings. The lowest BCUT2D eigenvalue weighted by atomic mass is 10.1. The highest BCUT2D eigenvalue weighted by Crippen LogP contribution is 2.26. The molecule has 0 aliphatic carbocycles. The average Bonchev–Trinajstić information content (AvgIpc) is 2.81. The van der Waals surface area contributed by atoms with Crippen LogP contribution >= 0.6 is 0 Å². The van der Waals surface area contributed by atoms with E-state index in [4.69, 9.17) is 0 Å². The summed E-state index contributed by atoms with van der Waals surface area (Å²) in [7, 11) is 3.88. The highest BCUT2D eigenvalue weighted by molar-refractivity contribution is 5.54. The largest absolute Gasteiger partial charge is 0.377 e. The minimum Gasteiger partial charge on any atom is -0.377 e. The van der Waals surface area contributed by atoms with Crippen LogP contribution in [0.4, 0.5) is 10.1 Å². The highest BCUT2D eigenvalue weighted by Gasteiger charge is 2.16. The standard InChI is InChI=1S/C19H28FN5/c1-14(16-9-8-15(20)13-17(16)24(2)3)21-11-10-19-23-22-18-7-5-4-6-12-25(18)19/h8-9,13-14,21H,4-7,10-12H2,1-3H3. The first-order valence-electron chi connectivity index (χ1n) is 9.17. The van der Waals surface area contributed by atoms with E-state index in [-0.39, 0.29) is 11.9 Å². The van der Waals surface area contributed by atoms with Crippen LogP contribution < -0.4 is 10.2 Å². The second-order valence-electron chi connectivity index (χ2n) is 7.02. The molecule has 2 aromatic rings. The molecule has 1 atom stereocenters. The van der Waals surface area contributed by atoms with E-state index in [1.165, 1.54) is 25.3 Å². The summed E-state index contributed by atoms with van der Waals surface area (Å²) < 4.78 is 15.8. The van der Waals surface area contributed by atoms with Crippen molar-refractivity contribution in [3.8, 4) is 0 Å². The van der Waals surface area contributed by atoms with Crippen molar-refractivity contribution in [3.05, 3.63) is 41.2 Å². The lowest BCUT2D eigenvalue weighted by molar-refractivity contribution is 0.547. The van der Waals surface area contributed by atoms with E-state index in [1.54, 1.807) is 6.07 Å². The zero-order valence-corrected chi connectivity index (χ0v) is 15.4. The number of anilines is 1. The molecule has 1 aromatic heterocycles. The summed E-state index contributed by atoms with van der Waals surface area (Å²) in [6, 6.07) is 5.13. The number of nitrogens with zero attached hydrogens (tertiary/aromatic N) is 4. The number of aryl methyl sites for hydroxylation is 1. The van der Waals surface area contributed by atoms with E-state index in [1.807, 2.05) is 25.1 Å². The fourth-order valence-electron chi connectivity index (χ4n) is 3.51. The number of benzene rings is 1. The molecular weight excluding hydrogens is 317 g/mol. The van der Waals surface area contributed by atoms with Gasteiger partial charge in [-0.1, -0.05) is 12.5 Å². The van der Waals surface area contributed by atoms with Crippen molar-refractivity contribution in [2.75, 3.05) is 25.5 Å². The first-order valence-corrected chi connectivity index (χ1v) is 9.17. The Balaban J connectivity index is 1.62. The highest BCUT2D eigenvalue weighted by atomic mass is 19.1. The van der Waals surface area contributed by atoms with Crippen molar-refractivity contribution < 1.29 is 4.39 Å². The van der Waals surface area contributed by atoms with E-state index in [0.29, 0.717) is 0 Å². The number of fused-ring (bicyclic) bond motifs is 1. The molecule has 0 amide bonds. The molecule has 1 aromatic carbocycles. The predicted molar refractivity (Wildman–Crippen MR) is 98.4 cm³/mol. The van der Waals surface area contributed by atoms with Crippen LogP contribution in [0.3, 0.4) is 0 Å². The first-order chi connectivity index (χ1) is 12.1. The van der Waals surface area contributed by atoms with Crippen molar-refractivity contribution in [2.24, 2.45) is 0 Å². The van der Waals surface area contributed by atoms with Gasteiger partial charge in [0.05, 0.1) is 0 Å². The molecule has 2 heterocycles. The molecule has 0 bridgehead atoms. The molecule has 0 saturated carbocycles. The van der Waals surface area contributed by atoms with Crippen LogP contribution in [0.15, 0.2) is 18.2 Å². The normalized spacial score (nSPS) is 15.5. The van der Waals surface area contributed by atoms with Crippen LogP contribution in [0.1, 0.15) is 49.4 Å². The number of hydrogen-bond acceptors (Lipinski definition) is 4. The van der Waals surface area contributed by atoms with Crippen molar-refractivity contribution >= 4 is 5.69 Å². The van der Waals surface area contributed by atoms with Gasteiger partial charge in [-0.3, -0.25) is 0 Å². The SMILES string of the molecule is CC(NCCc1nnc2n1CCCCC2)c1ccc(F)cc1N(C)C. The predicted octanol–water partition coefficient (Wildman–Crippen LogP) is 3.10. The van der Waals surface area contributed by atoms with Gasteiger partial charge >= 0.3 is 0 Å². The molecule has 3 rings (SSSR count). The van der Waals surface area contributed by atoms with E-state index in [9.17, 15) is 4.39 Å². The van der Waals surface area contributed by atoms with Crippen LogP contribution in [0.5, 0.6) is 0 Å². The van der Waals surface area contributed by atoms with Gasteiger partial charge in [0.25, 0.3) is 0 Å². The number of nitrogens with one attached hydrogen (secondary N) is 1. The van der Waals surface area contributed by atoms with Crippen LogP contribution in [-0.4, -0.2) is 35.4 Å². The number of aromatic nitrogens is 3. The Hall–Kier alpha value is -1.95. The monoisotopic (exact) mass is 345 g/mol. The fraction of sp³-hybridized carbons (Fsp3) is 0.579. The smallest absolute Gasteiger partial charge is 0.134 e. The van der Waals surface area contributed by atoms with Gasteiger partial charge in [-0.2, -0.15) is 0 Å². The topological polar surface area (TPSA) is 46.0 Å². The minimum atomic E-state index is -0.203. The molecule has 1 N–H and O–H groups in total. The third-order valence-electron chi connectivity index (χ3n) is 4.93. The third-order valence-corrected chi connectivity index (χ3v) is 4.93. The Morgan fingerprint density at radius 2 is 2.08 bits per heavy atom. The summed E-state index contributed by atoms with van der Waals surface area (Å²) >= 11 is 0. The summed E-state index contributed by atoms with van der Waals surface area (Å²) in [5, 5.41) is 12.3. The summed E-state index contributed by atoms with van der Waals surface area (Å²) in [6.45, 7) is 3.98. The minimum absolute atomic E-state index is 0.143. The number of halogens is 1. The van der Waals surface area contributed by atoms with Gasteiger partial charge in [0, 0.05) is 51.8 Å². The molecule has 1 unspecified atom stereocenters. The molecule has 0 saturated heterocycles. The Bertz CT molecular complexity index is 710. The summed E-state index contributed by atoms with van der Waals surface area (Å²) in [4.78, 5) is 1.95. The Morgan fingerprint density at radius 3 is 2.88 bits per heavy atom. The van der Waals surface area contributed by atoms with Gasteiger partial charge in [0.2, 0.25) is 0 Å². The third kappa shape index (κ3) is 4.18. The van der Waals surface area contributed by atoms with Crippen molar-refractivity contribution in [1.82, 2.24) is 20.1 Å². The quantitative estimate of drug-likeness (QED) is 0.874. The van der Waals surface area contributed by atoms with Crippen LogP contribution in [0, 0.1) is 5.82 Å². The Labute approximate surface area is 149 Å². The molecule has 5 nitrogen and oxygen atoms in total. The fourth-order valence-corrected chi connectivity index (χ4v) is 3.51. The Kier molecular flexibility index (Phi) is 5.68. The molecule has 136 valence electrons. The van der Waals surface area contributed by atoms with E-state index >= 15 is 0 Å². The summed E-state index contributed by atoms with van der Waals surface area (Å²) in [5.41, 5.74) is 2.02. The van der Waals surface area contributed by atoms with Gasteiger partial charge in [0.1, 0.15) is 17.5 Å². The van der Waals surface area contributed by atoms with Gasteiger partial charge in [-0.05, 0) is 37.5 Å². The number of rotatable bonds is 6. The van der Waals surface area contributed by atoms with E-state index in [2.05, 4.69) is 27.0 Å². The zero-order valence-electron chi connectivity index (χ0n) is 15.4. The van der Waals surface area contributed by atoms with Crippen molar-refractivity contribution in [3.63, 3.8) is 0 Å². The first kappa shape index (κ1) is 17.9. The van der Waals surface area contributed by atoms with Crippen LogP contribution in [0.25, 0.3) is 0 Å². The lowest BCUT2D eigenvalue weighted by Crippen LogP contribution is -2.24. The second-order valence-corrected chi connectivity index (χ2v) is 7.02. The molecule has 1 aliphatic rings. The van der Waals surface area contributed by atoms with Crippen molar-refractivity contribution in [1.29, 1.82) is 0 Å². The molecule has 6 heteroatoms. The maximum Gasteiger partial charge on any atom is 0.134 e. The van der Waals surface area contributed by atoms with Gasteiger partial charge < -0.3 is 14.8 Å². The molecule has 0 radical (unpaired) electrons. The molecule has 1 aliphatic heterocycles. The summed E-state index contributed by atoms with van der Waals surface area (Å²) in [5.74, 6) is 2.00. The molecular formula is C19H28FN5. The maximum absolute atomic E-state index is 13.5. The van der Waals surface area contributed by atoms with Crippen LogP contribution in [0.2, 0.25) is 0 Å². The van der Waals surface area contributed by atoms with Crippen LogP contribution in [-0.2, 0) is 19.4 Å². The average molecular weight is 345 g/mol. The van der Waals surface area contributed by atoms with Gasteiger partial charge in [0.15, 0.2) is 0 Å². The number of hydrogen-bond donors (Lipinski definition) is 1. The van der Waals surface area contributed by atoms with E-state index in [0.717, 1.165) is 48.8 Å². The lowest BCUT2D eigenvalue weighted by Gasteiger charge is -2.22. The van der Waals surface area contributed by atoms with E-state index < -0.39 is 0 Å². The molecule has 0 spiro atoms. The zero-order chi connectivity index (χ0) is 17.8. The van der Waals surface area contributed by atoms with Crippen molar-refractivity contribution in [2.45, 2.75) is 51.6 Å².